The number of halogens is 1. The Morgan fingerprint density at radius 2 is 0.939 bits per heavy atom. The van der Waals surface area contributed by atoms with Gasteiger partial charge in [-0.05, 0) is 166 Å². The molecule has 6 aromatic rings. The molecule has 32 heteroatoms. The molecule has 612 valence electrons. The van der Waals surface area contributed by atoms with Crippen LogP contribution in [0, 0.1) is 5.92 Å². The van der Waals surface area contributed by atoms with E-state index >= 15 is 9.59 Å². The molecule has 0 unspecified atom stereocenters. The van der Waals surface area contributed by atoms with E-state index < -0.39 is 144 Å². The van der Waals surface area contributed by atoms with Gasteiger partial charge in [-0.1, -0.05) is 100.0 Å². The number of carbonyl (C=O) groups excluding carboxylic acids is 13. The number of rotatable bonds is 46. The summed E-state index contributed by atoms with van der Waals surface area (Å²) >= 11 is 6.27. The maximum atomic E-state index is 15.2. The second-order valence-electron chi connectivity index (χ2n) is 29.2. The third kappa shape index (κ3) is 30.0. The summed E-state index contributed by atoms with van der Waals surface area (Å²) in [6.45, 7) is 10.2. The summed E-state index contributed by atoms with van der Waals surface area (Å²) in [6.07, 6.45) is 10.9. The number of pyridine rings is 3. The smallest absolute Gasteiger partial charge is 0.252 e. The number of nitrogens with two attached hydrogens (primary N) is 1. The highest BCUT2D eigenvalue weighted by atomic mass is 35.5. The van der Waals surface area contributed by atoms with Crippen molar-refractivity contribution in [3.05, 3.63) is 173 Å². The van der Waals surface area contributed by atoms with Crippen molar-refractivity contribution in [2.45, 2.75) is 204 Å². The third-order valence-electron chi connectivity index (χ3n) is 19.1. The number of hydrogen-bond donors (Lipinski definition) is 14. The van der Waals surface area contributed by atoms with Gasteiger partial charge in [0, 0.05) is 94.1 Å². The molecule has 13 amide bonds. The fourth-order valence-electron chi connectivity index (χ4n) is 13.0. The summed E-state index contributed by atoms with van der Waals surface area (Å²) in [7, 11) is 0. The molecule has 1 aliphatic heterocycles. The zero-order valence-electron chi connectivity index (χ0n) is 65.3. The molecule has 114 heavy (non-hydrogen) atoms. The predicted molar refractivity (Wildman–Crippen MR) is 428 cm³/mol. The molecule has 10 atom stereocenters. The lowest BCUT2D eigenvalue weighted by Crippen LogP contribution is -2.61. The van der Waals surface area contributed by atoms with E-state index in [1.165, 1.54) is 55.9 Å². The van der Waals surface area contributed by atoms with E-state index in [9.17, 15) is 57.8 Å². The zero-order chi connectivity index (χ0) is 82.6. The highest BCUT2D eigenvalue weighted by Gasteiger charge is 2.40. The highest BCUT2D eigenvalue weighted by molar-refractivity contribution is 6.30. The van der Waals surface area contributed by atoms with Gasteiger partial charge in [0.25, 0.3) is 11.8 Å². The van der Waals surface area contributed by atoms with Crippen LogP contribution in [0.1, 0.15) is 156 Å². The molecule has 15 N–H and O–H groups in total. The number of primary amides is 1. The van der Waals surface area contributed by atoms with Gasteiger partial charge in [0.2, 0.25) is 65.0 Å². The van der Waals surface area contributed by atoms with Crippen LogP contribution in [0.2, 0.25) is 5.02 Å². The number of nitrogens with one attached hydrogen (secondary N) is 12. The number of aliphatic hydroxyl groups is 1. The number of benzene rings is 3. The fraction of sp³-hybridized carbons (Fsp3) is 0.463. The Bertz CT molecular complexity index is 4210. The number of fused-ring (bicyclic) bond motifs is 1. The topological polar surface area (TPSA) is 454 Å². The number of unbranched alkanes of at least 4 members (excludes halogenated alkanes) is 3. The second kappa shape index (κ2) is 46.6. The molecule has 0 saturated carbocycles. The maximum absolute atomic E-state index is 15.2. The third-order valence-corrected chi connectivity index (χ3v) is 19.4. The summed E-state index contributed by atoms with van der Waals surface area (Å²) in [5.74, 6) is -9.75. The van der Waals surface area contributed by atoms with Crippen LogP contribution in [0.15, 0.2) is 140 Å². The SMILES string of the molecule is CC(=O)N[C@H](Cc1ccc2ccccc2c1)C(=O)N[C@@H](Cc1ccc(Cl)cc1)C(=O)N[C@H](Cc1cccnc1)C(=O)N[C@@H](CO)C(=O)N[C@@H](CCCCNC(=O)c1cccnc1)C(=O)N[C@@H](CCCCNC(=O)c1cccnc1)C(=O)N[C@@H](CC(C)C)C(=O)N[C@@H](CCCCNC(C)C)C(=O)N1CCC[C@@H]1C(=O)N[C@@H](C)C(N)=O. The number of likely N-dealkylation sites (tertiary alicyclic amines) is 1. The van der Waals surface area contributed by atoms with Crippen molar-refractivity contribution in [3.8, 4) is 0 Å². The number of nitrogens with zero attached hydrogens (tertiary/aromatic N) is 4. The number of hydrogen-bond acceptors (Lipinski definition) is 18. The minimum absolute atomic E-state index is 0.0277. The Morgan fingerprint density at radius 1 is 0.482 bits per heavy atom. The molecule has 4 heterocycles. The van der Waals surface area contributed by atoms with Gasteiger partial charge in [-0.15, -0.1) is 0 Å². The van der Waals surface area contributed by atoms with E-state index in [1.807, 2.05) is 70.2 Å². The number of aliphatic hydroxyl groups excluding tert-OH is 1. The Labute approximate surface area is 669 Å². The second-order valence-corrected chi connectivity index (χ2v) is 29.6. The normalized spacial score (nSPS) is 14.9. The Hall–Kier alpha value is -11.3. The van der Waals surface area contributed by atoms with Crippen LogP contribution >= 0.6 is 11.6 Å². The Kier molecular flexibility index (Phi) is 36.8. The molecule has 3 aromatic carbocycles. The molecule has 0 radical (unpaired) electrons. The van der Waals surface area contributed by atoms with Gasteiger partial charge >= 0.3 is 0 Å². The fourth-order valence-corrected chi connectivity index (χ4v) is 13.1. The highest BCUT2D eigenvalue weighted by Crippen LogP contribution is 2.23. The van der Waals surface area contributed by atoms with E-state index in [2.05, 4.69) is 78.8 Å². The van der Waals surface area contributed by atoms with Crippen molar-refractivity contribution >= 4 is 99.2 Å². The van der Waals surface area contributed by atoms with Crippen molar-refractivity contribution in [3.63, 3.8) is 0 Å². The van der Waals surface area contributed by atoms with Crippen LogP contribution in [-0.2, 0) is 72.0 Å². The average molecular weight is 1590 g/mol. The number of aromatic nitrogens is 3. The van der Waals surface area contributed by atoms with Crippen molar-refractivity contribution in [2.24, 2.45) is 11.7 Å². The predicted octanol–water partition coefficient (Wildman–Crippen LogP) is 2.99. The minimum atomic E-state index is -1.83. The lowest BCUT2D eigenvalue weighted by atomic mass is 9.99. The lowest BCUT2D eigenvalue weighted by molar-refractivity contribution is -0.142. The van der Waals surface area contributed by atoms with Crippen LogP contribution in [0.3, 0.4) is 0 Å². The van der Waals surface area contributed by atoms with Gasteiger partial charge in [-0.3, -0.25) is 77.3 Å². The van der Waals surface area contributed by atoms with Gasteiger partial charge in [-0.25, -0.2) is 0 Å². The molecule has 1 aliphatic rings. The van der Waals surface area contributed by atoms with E-state index in [0.29, 0.717) is 53.1 Å². The summed E-state index contributed by atoms with van der Waals surface area (Å²) in [4.78, 5) is 197. The first-order valence-electron chi connectivity index (χ1n) is 38.8. The molecular formula is C82H108ClN17O14. The van der Waals surface area contributed by atoms with Gasteiger partial charge < -0.3 is 79.5 Å². The first-order valence-corrected chi connectivity index (χ1v) is 39.2. The summed E-state index contributed by atoms with van der Waals surface area (Å²) in [5.41, 5.74) is 7.74. The van der Waals surface area contributed by atoms with Crippen molar-refractivity contribution in [2.75, 3.05) is 32.8 Å². The number of amides is 13. The molecular weight excluding hydrogens is 1480 g/mol. The van der Waals surface area contributed by atoms with Crippen LogP contribution in [-0.4, -0.2) is 201 Å². The Morgan fingerprint density at radius 3 is 1.46 bits per heavy atom. The van der Waals surface area contributed by atoms with Crippen LogP contribution in [0.4, 0.5) is 0 Å². The van der Waals surface area contributed by atoms with Crippen molar-refractivity contribution < 1.29 is 67.4 Å². The van der Waals surface area contributed by atoms with Gasteiger partial charge in [0.15, 0.2) is 0 Å². The molecule has 3 aromatic heterocycles. The number of carbonyl (C=O) groups is 13. The molecule has 0 aliphatic carbocycles. The Balaban J connectivity index is 1.15. The average Bonchev–Trinajstić information content (AvgIpc) is 1.51. The van der Waals surface area contributed by atoms with Crippen molar-refractivity contribution in [1.82, 2.24) is 83.7 Å². The van der Waals surface area contributed by atoms with Crippen molar-refractivity contribution in [1.29, 1.82) is 0 Å². The van der Waals surface area contributed by atoms with Crippen LogP contribution < -0.4 is 69.5 Å². The van der Waals surface area contributed by atoms with E-state index in [1.54, 1.807) is 60.7 Å². The maximum Gasteiger partial charge on any atom is 0.252 e. The molecule has 1 fully saturated rings. The standard InChI is InChI=1S/C82H108ClN17O14/c1-50(2)41-65(76(108)95-64(26-11-12-37-88-51(3)4)82(114)100-40-18-27-70(100)81(113)91-52(5)71(84)103)96-75(107)63(25-10-14-39-90-73(105)60-23-17-36-87-48-60)93-74(106)62(24-9-13-38-89-72(104)59-22-16-35-86-47-59)94-80(112)69(49-101)99-79(111)68(45-56-19-15-34-85-46-56)98-78(110)67(43-54-29-32-61(83)33-30-54)97-77(109)66(92-53(6)102)44-55-28-31-57-20-7-8-21-58(57)42-55/h7-8,15-17,19-23,28-36,42,46-48,50-52,62-70,88,101H,9-14,18,24-27,37-41,43-45,49H2,1-6H3,(H2,84,103)(H,89,104)(H,90,105)(H,91,113)(H,92,102)(H,93,106)(H,94,112)(H,95,108)(H,96,107)(H,97,109)(H,98,110)(H,99,111)/t52-,62-,63-,64-,65-,66+,67-,68+,69-,70+/m0/s1. The first-order chi connectivity index (χ1) is 54.7. The summed E-state index contributed by atoms with van der Waals surface area (Å²) < 4.78 is 0. The van der Waals surface area contributed by atoms with Crippen LogP contribution in [0.25, 0.3) is 10.8 Å². The van der Waals surface area contributed by atoms with E-state index in [4.69, 9.17) is 17.3 Å². The molecule has 0 bridgehead atoms. The monoisotopic (exact) mass is 1590 g/mol. The quantitative estimate of drug-likeness (QED) is 0.0244. The van der Waals surface area contributed by atoms with Crippen LogP contribution in [0.5, 0.6) is 0 Å². The first kappa shape index (κ1) is 89.9. The van der Waals surface area contributed by atoms with E-state index in [0.717, 1.165) is 10.8 Å². The summed E-state index contributed by atoms with van der Waals surface area (Å²) in [6, 6.07) is 15.9. The molecule has 1 saturated heterocycles. The van der Waals surface area contributed by atoms with Gasteiger partial charge in [-0.2, -0.15) is 0 Å². The lowest BCUT2D eigenvalue weighted by Gasteiger charge is -2.31. The zero-order valence-corrected chi connectivity index (χ0v) is 66.1. The molecule has 7 rings (SSSR count). The van der Waals surface area contributed by atoms with Gasteiger partial charge in [0.05, 0.1) is 17.7 Å². The largest absolute Gasteiger partial charge is 0.394 e. The minimum Gasteiger partial charge on any atom is -0.394 e. The van der Waals surface area contributed by atoms with Gasteiger partial charge in [0.1, 0.15) is 60.4 Å². The van der Waals surface area contributed by atoms with E-state index in [-0.39, 0.29) is 114 Å². The molecule has 0 spiro atoms. The summed E-state index contributed by atoms with van der Waals surface area (Å²) in [5, 5.41) is 46.8. The molecule has 31 nitrogen and oxygen atoms in total.